The largest absolute Gasteiger partial charge is 0.306 e. The molecule has 0 fully saturated rings. The molecule has 0 saturated heterocycles. The number of aromatic nitrogens is 2. The van der Waals surface area contributed by atoms with E-state index in [9.17, 15) is 0 Å². The average molecular weight is 261 g/mol. The molecule has 0 aliphatic rings. The van der Waals surface area contributed by atoms with Crippen LogP contribution in [0, 0.1) is 0 Å². The first-order valence-electron chi connectivity index (χ1n) is 6.21. The van der Waals surface area contributed by atoms with Crippen LogP contribution >= 0.6 is 11.3 Å². The highest BCUT2D eigenvalue weighted by molar-refractivity contribution is 7.13. The zero-order valence-corrected chi connectivity index (χ0v) is 11.9. The Balaban J connectivity index is 2.03. The van der Waals surface area contributed by atoms with Crippen LogP contribution in [-0.4, -0.2) is 15.5 Å². The summed E-state index contributed by atoms with van der Waals surface area (Å²) >= 11 is 1.65. The zero-order valence-electron chi connectivity index (χ0n) is 11.1. The van der Waals surface area contributed by atoms with Gasteiger partial charge in [-0.25, -0.2) is 4.98 Å². The van der Waals surface area contributed by atoms with Crippen LogP contribution in [0.1, 0.15) is 32.9 Å². The van der Waals surface area contributed by atoms with Crippen LogP contribution in [0.2, 0.25) is 0 Å². The molecule has 0 radical (unpaired) electrons. The maximum absolute atomic E-state index is 4.61. The van der Waals surface area contributed by atoms with Gasteiger partial charge in [-0.15, -0.1) is 11.3 Å². The Hall–Kier alpha value is -1.26. The molecule has 0 bridgehead atoms. The van der Waals surface area contributed by atoms with Gasteiger partial charge in [0.1, 0.15) is 5.01 Å². The Morgan fingerprint density at radius 2 is 2.17 bits per heavy atom. The standard InChI is InChI=1S/C14H19N3S/c1-4-14(2,3)16-9-11-10-18-13(17-11)12-7-5-6-8-15-12/h5-8,10,16H,4,9H2,1-3H3. The lowest BCUT2D eigenvalue weighted by molar-refractivity contribution is 0.373. The fraction of sp³-hybridized carbons (Fsp3) is 0.429. The van der Waals surface area contributed by atoms with Gasteiger partial charge in [0, 0.05) is 23.7 Å². The normalized spacial score (nSPS) is 11.7. The molecule has 2 rings (SSSR count). The molecule has 2 aromatic rings. The fourth-order valence-corrected chi connectivity index (χ4v) is 2.25. The van der Waals surface area contributed by atoms with Crippen molar-refractivity contribution in [3.8, 4) is 10.7 Å². The summed E-state index contributed by atoms with van der Waals surface area (Å²) < 4.78 is 0. The van der Waals surface area contributed by atoms with Crippen LogP contribution in [0.5, 0.6) is 0 Å². The molecule has 2 aromatic heterocycles. The predicted molar refractivity (Wildman–Crippen MR) is 76.6 cm³/mol. The summed E-state index contributed by atoms with van der Waals surface area (Å²) in [6, 6.07) is 5.90. The molecule has 0 amide bonds. The van der Waals surface area contributed by atoms with Crippen LogP contribution in [0.3, 0.4) is 0 Å². The van der Waals surface area contributed by atoms with Gasteiger partial charge < -0.3 is 5.32 Å². The lowest BCUT2D eigenvalue weighted by Crippen LogP contribution is -2.37. The van der Waals surface area contributed by atoms with E-state index >= 15 is 0 Å². The molecule has 0 saturated carbocycles. The Morgan fingerprint density at radius 3 is 2.83 bits per heavy atom. The van der Waals surface area contributed by atoms with Gasteiger partial charge in [-0.3, -0.25) is 4.98 Å². The molecule has 0 aliphatic carbocycles. The van der Waals surface area contributed by atoms with Crippen molar-refractivity contribution in [3.63, 3.8) is 0 Å². The van der Waals surface area contributed by atoms with Gasteiger partial charge >= 0.3 is 0 Å². The molecule has 18 heavy (non-hydrogen) atoms. The van der Waals surface area contributed by atoms with E-state index in [4.69, 9.17) is 0 Å². The molecule has 0 aliphatic heterocycles. The molecule has 1 N–H and O–H groups in total. The van der Waals surface area contributed by atoms with Gasteiger partial charge in [-0.2, -0.15) is 0 Å². The minimum absolute atomic E-state index is 0.161. The lowest BCUT2D eigenvalue weighted by Gasteiger charge is -2.23. The molecule has 4 heteroatoms. The van der Waals surface area contributed by atoms with Crippen molar-refractivity contribution < 1.29 is 0 Å². The van der Waals surface area contributed by atoms with Crippen LogP contribution in [0.15, 0.2) is 29.8 Å². The molecule has 0 aromatic carbocycles. The maximum atomic E-state index is 4.61. The second-order valence-corrected chi connectivity index (χ2v) is 5.81. The Morgan fingerprint density at radius 1 is 1.33 bits per heavy atom. The van der Waals surface area contributed by atoms with Gasteiger partial charge in [0.05, 0.1) is 11.4 Å². The Labute approximate surface area is 112 Å². The fourth-order valence-electron chi connectivity index (χ4n) is 1.45. The second kappa shape index (κ2) is 5.59. The maximum Gasteiger partial charge on any atom is 0.142 e. The van der Waals surface area contributed by atoms with Crippen molar-refractivity contribution in [2.45, 2.75) is 39.3 Å². The van der Waals surface area contributed by atoms with E-state index in [0.29, 0.717) is 0 Å². The van der Waals surface area contributed by atoms with E-state index in [2.05, 4.69) is 41.4 Å². The molecular formula is C14H19N3S. The van der Waals surface area contributed by atoms with E-state index < -0.39 is 0 Å². The smallest absolute Gasteiger partial charge is 0.142 e. The van der Waals surface area contributed by atoms with E-state index in [0.717, 1.165) is 29.4 Å². The molecule has 0 atom stereocenters. The number of nitrogens with zero attached hydrogens (tertiary/aromatic N) is 2. The third-order valence-corrected chi connectivity index (χ3v) is 3.98. The molecular weight excluding hydrogens is 242 g/mol. The Bertz CT molecular complexity index is 491. The van der Waals surface area contributed by atoms with Gasteiger partial charge in [0.25, 0.3) is 0 Å². The SMILES string of the molecule is CCC(C)(C)NCc1csc(-c2ccccn2)n1. The monoisotopic (exact) mass is 261 g/mol. The van der Waals surface area contributed by atoms with E-state index in [1.165, 1.54) is 0 Å². The van der Waals surface area contributed by atoms with Crippen molar-refractivity contribution in [1.82, 2.24) is 15.3 Å². The average Bonchev–Trinajstić information content (AvgIpc) is 2.86. The topological polar surface area (TPSA) is 37.8 Å². The third-order valence-electron chi connectivity index (χ3n) is 3.07. The van der Waals surface area contributed by atoms with Crippen molar-refractivity contribution in [2.75, 3.05) is 0 Å². The summed E-state index contributed by atoms with van der Waals surface area (Å²) in [6.45, 7) is 7.41. The van der Waals surface area contributed by atoms with Crippen LogP contribution < -0.4 is 5.32 Å². The Kier molecular flexibility index (Phi) is 4.09. The van der Waals surface area contributed by atoms with Crippen LogP contribution in [0.25, 0.3) is 10.7 Å². The lowest BCUT2D eigenvalue weighted by atomic mass is 10.0. The molecule has 0 unspecified atom stereocenters. The predicted octanol–water partition coefficient (Wildman–Crippen LogP) is 3.48. The van der Waals surface area contributed by atoms with Gasteiger partial charge in [0.2, 0.25) is 0 Å². The first-order valence-corrected chi connectivity index (χ1v) is 7.09. The number of thiazole rings is 1. The van der Waals surface area contributed by atoms with Gasteiger partial charge in [-0.1, -0.05) is 13.0 Å². The highest BCUT2D eigenvalue weighted by Crippen LogP contribution is 2.21. The van der Waals surface area contributed by atoms with Crippen molar-refractivity contribution in [3.05, 3.63) is 35.5 Å². The van der Waals surface area contributed by atoms with Crippen molar-refractivity contribution in [2.24, 2.45) is 0 Å². The van der Waals surface area contributed by atoms with E-state index in [1.54, 1.807) is 17.5 Å². The molecule has 0 spiro atoms. The second-order valence-electron chi connectivity index (χ2n) is 4.95. The number of pyridine rings is 1. The number of nitrogens with one attached hydrogen (secondary N) is 1. The van der Waals surface area contributed by atoms with Gasteiger partial charge in [-0.05, 0) is 32.4 Å². The molecule has 96 valence electrons. The summed E-state index contributed by atoms with van der Waals surface area (Å²) in [5, 5.41) is 6.60. The zero-order chi connectivity index (χ0) is 13.0. The first-order chi connectivity index (χ1) is 8.61. The minimum atomic E-state index is 0.161. The van der Waals surface area contributed by atoms with Crippen molar-refractivity contribution >= 4 is 11.3 Å². The number of hydrogen-bond donors (Lipinski definition) is 1. The van der Waals surface area contributed by atoms with E-state index in [1.807, 2.05) is 18.2 Å². The highest BCUT2D eigenvalue weighted by Gasteiger charge is 2.14. The highest BCUT2D eigenvalue weighted by atomic mass is 32.1. The summed E-state index contributed by atoms with van der Waals surface area (Å²) in [5.41, 5.74) is 2.19. The number of hydrogen-bond acceptors (Lipinski definition) is 4. The van der Waals surface area contributed by atoms with Crippen LogP contribution in [0.4, 0.5) is 0 Å². The molecule has 3 nitrogen and oxygen atoms in total. The van der Waals surface area contributed by atoms with Crippen LogP contribution in [-0.2, 0) is 6.54 Å². The summed E-state index contributed by atoms with van der Waals surface area (Å²) in [5.74, 6) is 0. The summed E-state index contributed by atoms with van der Waals surface area (Å²) in [7, 11) is 0. The summed E-state index contributed by atoms with van der Waals surface area (Å²) in [4.78, 5) is 8.93. The van der Waals surface area contributed by atoms with Gasteiger partial charge in [0.15, 0.2) is 0 Å². The molecule has 2 heterocycles. The minimum Gasteiger partial charge on any atom is -0.306 e. The quantitative estimate of drug-likeness (QED) is 0.895. The summed E-state index contributed by atoms with van der Waals surface area (Å²) in [6.07, 6.45) is 2.90. The van der Waals surface area contributed by atoms with Crippen molar-refractivity contribution in [1.29, 1.82) is 0 Å². The number of rotatable bonds is 5. The van der Waals surface area contributed by atoms with E-state index in [-0.39, 0.29) is 5.54 Å². The third kappa shape index (κ3) is 3.37. The first kappa shape index (κ1) is 13.2.